The highest BCUT2D eigenvalue weighted by Crippen LogP contribution is 2.20. The minimum absolute atomic E-state index is 0.973. The lowest BCUT2D eigenvalue weighted by molar-refractivity contribution is 0.556. The molecule has 0 aliphatic carbocycles. The van der Waals surface area contributed by atoms with Crippen LogP contribution in [0.3, 0.4) is 0 Å². The first-order chi connectivity index (χ1) is 21.7. The van der Waals surface area contributed by atoms with E-state index in [-0.39, 0.29) is 0 Å². The van der Waals surface area contributed by atoms with Gasteiger partial charge in [0.15, 0.2) is 0 Å². The van der Waals surface area contributed by atoms with Crippen LogP contribution in [-0.4, -0.2) is 11.9 Å². The van der Waals surface area contributed by atoms with Crippen molar-refractivity contribution in [2.75, 3.05) is 0 Å². The number of aryl methyl sites for hydroxylation is 2. The molecule has 0 heterocycles. The topological polar surface area (TPSA) is 24.7 Å². The summed E-state index contributed by atoms with van der Waals surface area (Å²) in [5.41, 5.74) is 6.03. The quantitative estimate of drug-likeness (QED) is 0.0685. The molecule has 0 bridgehead atoms. The standard InChI is InChI=1S/C42H68N2/c1-4-7-10-12-14-16-18-20-22-24-28-38-30-26-33-40(35-38)43-37-42(32-9-6-3)44-41-34-27-31-39(36-41)29-25-23-21-19-17-15-13-11-8-5-2/h26-27,30-31,33-37H,4-25,28-29,32H2,1-3H3. The third-order valence-electron chi connectivity index (χ3n) is 8.88. The molecule has 0 saturated heterocycles. The second-order valence-electron chi connectivity index (χ2n) is 13.2. The second-order valence-corrected chi connectivity index (χ2v) is 13.2. The zero-order chi connectivity index (χ0) is 31.3. The van der Waals surface area contributed by atoms with Crippen LogP contribution < -0.4 is 0 Å². The van der Waals surface area contributed by atoms with Crippen LogP contribution in [0.15, 0.2) is 58.5 Å². The highest BCUT2D eigenvalue weighted by Gasteiger charge is 2.02. The molecule has 44 heavy (non-hydrogen) atoms. The summed E-state index contributed by atoms with van der Waals surface area (Å²) in [6.45, 7) is 6.84. The molecule has 0 radical (unpaired) electrons. The number of hydrogen-bond acceptors (Lipinski definition) is 2. The lowest BCUT2D eigenvalue weighted by Gasteiger charge is -2.06. The molecule has 0 amide bonds. The Morgan fingerprint density at radius 2 is 0.886 bits per heavy atom. The highest BCUT2D eigenvalue weighted by atomic mass is 14.8. The molecule has 2 aromatic carbocycles. The molecule has 0 fully saturated rings. The predicted molar refractivity (Wildman–Crippen MR) is 199 cm³/mol. The number of nitrogens with zero attached hydrogens (tertiary/aromatic N) is 2. The lowest BCUT2D eigenvalue weighted by atomic mass is 10.0. The van der Waals surface area contributed by atoms with E-state index >= 15 is 0 Å². The number of unbranched alkanes of at least 4 members (excludes halogenated alkanes) is 19. The van der Waals surface area contributed by atoms with Crippen LogP contribution in [0.4, 0.5) is 11.4 Å². The second kappa shape index (κ2) is 27.1. The summed E-state index contributed by atoms with van der Waals surface area (Å²) in [6, 6.07) is 17.7. The van der Waals surface area contributed by atoms with Gasteiger partial charge in [0, 0.05) is 6.21 Å². The van der Waals surface area contributed by atoms with Crippen molar-refractivity contribution in [1.29, 1.82) is 0 Å². The maximum absolute atomic E-state index is 5.07. The van der Waals surface area contributed by atoms with E-state index in [0.717, 1.165) is 42.8 Å². The van der Waals surface area contributed by atoms with E-state index in [1.807, 2.05) is 6.21 Å². The van der Waals surface area contributed by atoms with E-state index in [4.69, 9.17) is 9.98 Å². The van der Waals surface area contributed by atoms with Gasteiger partial charge < -0.3 is 0 Å². The first-order valence-corrected chi connectivity index (χ1v) is 19.0. The summed E-state index contributed by atoms with van der Waals surface area (Å²) < 4.78 is 0. The normalized spacial score (nSPS) is 12.0. The summed E-state index contributed by atoms with van der Waals surface area (Å²) >= 11 is 0. The van der Waals surface area contributed by atoms with Crippen molar-refractivity contribution in [2.45, 2.75) is 181 Å². The van der Waals surface area contributed by atoms with Crippen molar-refractivity contribution < 1.29 is 0 Å². The summed E-state index contributed by atoms with van der Waals surface area (Å²) in [7, 11) is 0. The smallest absolute Gasteiger partial charge is 0.0636 e. The molecule has 0 N–H and O–H groups in total. The maximum atomic E-state index is 5.07. The molecule has 0 unspecified atom stereocenters. The third kappa shape index (κ3) is 19.9. The fourth-order valence-electron chi connectivity index (χ4n) is 6.03. The van der Waals surface area contributed by atoms with Crippen LogP contribution in [0.5, 0.6) is 0 Å². The average molecular weight is 601 g/mol. The molecule has 0 aliphatic rings. The van der Waals surface area contributed by atoms with Gasteiger partial charge in [-0.05, 0) is 73.9 Å². The molecule has 2 nitrogen and oxygen atoms in total. The average Bonchev–Trinajstić information content (AvgIpc) is 3.04. The molecule has 2 rings (SSSR count). The van der Waals surface area contributed by atoms with Crippen molar-refractivity contribution in [3.63, 3.8) is 0 Å². The first kappa shape index (κ1) is 38.0. The van der Waals surface area contributed by atoms with Gasteiger partial charge >= 0.3 is 0 Å². The monoisotopic (exact) mass is 601 g/mol. The number of aliphatic imine (C=N–C) groups is 2. The third-order valence-corrected chi connectivity index (χ3v) is 8.88. The fraction of sp³-hybridized carbons (Fsp3) is 0.667. The summed E-state index contributed by atoms with van der Waals surface area (Å²) in [5, 5.41) is 0. The molecular formula is C42H68N2. The highest BCUT2D eigenvalue weighted by molar-refractivity contribution is 6.31. The van der Waals surface area contributed by atoms with Gasteiger partial charge in [0.2, 0.25) is 0 Å². The Bertz CT molecular complexity index is 1000. The van der Waals surface area contributed by atoms with Crippen molar-refractivity contribution in [2.24, 2.45) is 9.98 Å². The van der Waals surface area contributed by atoms with Gasteiger partial charge in [-0.2, -0.15) is 0 Å². The van der Waals surface area contributed by atoms with Crippen molar-refractivity contribution in [1.82, 2.24) is 0 Å². The Morgan fingerprint density at radius 1 is 0.477 bits per heavy atom. The molecule has 0 saturated carbocycles. The van der Waals surface area contributed by atoms with E-state index in [1.54, 1.807) is 0 Å². The van der Waals surface area contributed by atoms with Crippen molar-refractivity contribution in [3.05, 3.63) is 59.7 Å². The number of hydrogen-bond donors (Lipinski definition) is 0. The SMILES string of the molecule is CCCCCCCCCCCCc1cccc(N=CC(CCCC)=Nc2cccc(CCCCCCCCCCCC)c2)c1. The Balaban J connectivity index is 1.78. The van der Waals surface area contributed by atoms with Gasteiger partial charge in [-0.1, -0.05) is 167 Å². The Hall–Kier alpha value is -2.22. The van der Waals surface area contributed by atoms with Crippen LogP contribution in [0, 0.1) is 0 Å². The number of rotatable bonds is 28. The van der Waals surface area contributed by atoms with Crippen LogP contribution in [-0.2, 0) is 12.8 Å². The molecule has 0 aromatic heterocycles. The van der Waals surface area contributed by atoms with Crippen molar-refractivity contribution in [3.8, 4) is 0 Å². The first-order valence-electron chi connectivity index (χ1n) is 19.0. The molecule has 0 aliphatic heterocycles. The van der Waals surface area contributed by atoms with Crippen LogP contribution in [0.1, 0.15) is 180 Å². The Labute approximate surface area is 273 Å². The van der Waals surface area contributed by atoms with Crippen molar-refractivity contribution >= 4 is 23.3 Å². The zero-order valence-corrected chi connectivity index (χ0v) is 29.3. The number of benzene rings is 2. The van der Waals surface area contributed by atoms with Gasteiger partial charge in [0.05, 0.1) is 17.1 Å². The van der Waals surface area contributed by atoms with Gasteiger partial charge in [0.25, 0.3) is 0 Å². The van der Waals surface area contributed by atoms with Gasteiger partial charge in [-0.25, -0.2) is 0 Å². The summed E-state index contributed by atoms with van der Waals surface area (Å²) in [4.78, 5) is 9.95. The molecule has 2 heteroatoms. The minimum atomic E-state index is 0.973. The molecule has 0 atom stereocenters. The maximum Gasteiger partial charge on any atom is 0.0636 e. The minimum Gasteiger partial charge on any atom is -0.255 e. The van der Waals surface area contributed by atoms with E-state index in [9.17, 15) is 0 Å². The fourth-order valence-corrected chi connectivity index (χ4v) is 6.03. The van der Waals surface area contributed by atoms with E-state index in [2.05, 4.69) is 69.3 Å². The summed E-state index contributed by atoms with van der Waals surface area (Å²) in [5.74, 6) is 0. The van der Waals surface area contributed by atoms with Gasteiger partial charge in [0.1, 0.15) is 0 Å². The molecule has 2 aromatic rings. The molecular weight excluding hydrogens is 532 g/mol. The van der Waals surface area contributed by atoms with Crippen LogP contribution in [0.2, 0.25) is 0 Å². The van der Waals surface area contributed by atoms with E-state index in [0.29, 0.717) is 0 Å². The predicted octanol–water partition coefficient (Wildman–Crippen LogP) is 14.3. The Kier molecular flexibility index (Phi) is 23.4. The van der Waals surface area contributed by atoms with Crippen LogP contribution >= 0.6 is 0 Å². The zero-order valence-electron chi connectivity index (χ0n) is 29.3. The van der Waals surface area contributed by atoms with Crippen LogP contribution in [0.25, 0.3) is 0 Å². The largest absolute Gasteiger partial charge is 0.255 e. The Morgan fingerprint density at radius 3 is 1.36 bits per heavy atom. The van der Waals surface area contributed by atoms with Gasteiger partial charge in [-0.3, -0.25) is 9.98 Å². The molecule has 0 spiro atoms. The lowest BCUT2D eigenvalue weighted by Crippen LogP contribution is -1.99. The van der Waals surface area contributed by atoms with E-state index < -0.39 is 0 Å². The summed E-state index contributed by atoms with van der Waals surface area (Å²) in [6.07, 6.45) is 35.3. The molecule has 246 valence electrons. The van der Waals surface area contributed by atoms with Gasteiger partial charge in [-0.15, -0.1) is 0 Å². The van der Waals surface area contributed by atoms with E-state index in [1.165, 1.54) is 146 Å².